The molecule has 0 heterocycles. The van der Waals surface area contributed by atoms with Crippen LogP contribution in [-0.4, -0.2) is 12.1 Å². The monoisotopic (exact) mass is 239 g/mol. The van der Waals surface area contributed by atoms with Crippen molar-refractivity contribution in [1.29, 1.82) is 0 Å². The quantitative estimate of drug-likeness (QED) is 0.857. The van der Waals surface area contributed by atoms with Gasteiger partial charge in [0, 0.05) is 5.02 Å². The van der Waals surface area contributed by atoms with Gasteiger partial charge in [-0.05, 0) is 49.9 Å². The van der Waals surface area contributed by atoms with E-state index in [-0.39, 0.29) is 5.60 Å². The molecule has 0 spiro atoms. The molecule has 1 aromatic carbocycles. The van der Waals surface area contributed by atoms with Crippen molar-refractivity contribution in [2.24, 2.45) is 5.73 Å². The molecule has 3 heteroatoms. The van der Waals surface area contributed by atoms with Crippen molar-refractivity contribution in [2.45, 2.75) is 37.9 Å². The van der Waals surface area contributed by atoms with E-state index in [0.29, 0.717) is 13.2 Å². The third-order valence-corrected chi connectivity index (χ3v) is 3.53. The van der Waals surface area contributed by atoms with Crippen LogP contribution in [0.4, 0.5) is 0 Å². The molecule has 0 saturated heterocycles. The normalized spacial score (nSPS) is 18.1. The van der Waals surface area contributed by atoms with E-state index < -0.39 is 0 Å². The number of halogens is 1. The summed E-state index contributed by atoms with van der Waals surface area (Å²) in [5, 5.41) is 0.766. The van der Waals surface area contributed by atoms with Gasteiger partial charge < -0.3 is 10.5 Å². The van der Waals surface area contributed by atoms with Crippen LogP contribution in [0.3, 0.4) is 0 Å². The summed E-state index contributed by atoms with van der Waals surface area (Å²) in [7, 11) is 0. The molecule has 0 unspecified atom stereocenters. The maximum absolute atomic E-state index is 6.01. The lowest BCUT2D eigenvalue weighted by Crippen LogP contribution is -2.41. The number of rotatable bonds is 5. The number of hydrogen-bond acceptors (Lipinski definition) is 2. The van der Waals surface area contributed by atoms with Gasteiger partial charge in [0.05, 0.1) is 12.2 Å². The number of hydrogen-bond donors (Lipinski definition) is 1. The molecule has 2 nitrogen and oxygen atoms in total. The fourth-order valence-corrected chi connectivity index (χ4v) is 2.38. The van der Waals surface area contributed by atoms with E-state index >= 15 is 0 Å². The first-order valence-electron chi connectivity index (χ1n) is 5.83. The Bertz CT molecular complexity index is 350. The third-order valence-electron chi connectivity index (χ3n) is 3.30. The Hall–Kier alpha value is -0.570. The SMILES string of the molecule is NCCC1(OCc2cccc(Cl)c2)CCC1. The average Bonchev–Trinajstić information content (AvgIpc) is 2.22. The molecule has 16 heavy (non-hydrogen) atoms. The molecule has 0 aliphatic heterocycles. The van der Waals surface area contributed by atoms with Crippen molar-refractivity contribution in [3.05, 3.63) is 34.9 Å². The van der Waals surface area contributed by atoms with Gasteiger partial charge in [-0.1, -0.05) is 23.7 Å². The fourth-order valence-electron chi connectivity index (χ4n) is 2.16. The molecule has 0 bridgehead atoms. The molecular weight excluding hydrogens is 222 g/mol. The van der Waals surface area contributed by atoms with Crippen LogP contribution >= 0.6 is 11.6 Å². The van der Waals surface area contributed by atoms with Crippen molar-refractivity contribution in [3.63, 3.8) is 0 Å². The number of nitrogens with two attached hydrogens (primary N) is 1. The molecule has 0 atom stereocenters. The zero-order valence-corrected chi connectivity index (χ0v) is 10.2. The third kappa shape index (κ3) is 2.76. The summed E-state index contributed by atoms with van der Waals surface area (Å²) in [5.74, 6) is 0. The van der Waals surface area contributed by atoms with Crippen LogP contribution in [0.2, 0.25) is 5.02 Å². The highest BCUT2D eigenvalue weighted by molar-refractivity contribution is 6.30. The van der Waals surface area contributed by atoms with E-state index in [1.54, 1.807) is 0 Å². The van der Waals surface area contributed by atoms with Gasteiger partial charge in [-0.3, -0.25) is 0 Å². The van der Waals surface area contributed by atoms with Crippen molar-refractivity contribution >= 4 is 11.6 Å². The Morgan fingerprint density at radius 3 is 2.75 bits per heavy atom. The van der Waals surface area contributed by atoms with E-state index in [0.717, 1.165) is 29.8 Å². The zero-order chi connectivity index (χ0) is 11.4. The molecule has 1 aromatic rings. The highest BCUT2D eigenvalue weighted by atomic mass is 35.5. The maximum Gasteiger partial charge on any atom is 0.0724 e. The Kier molecular flexibility index (Phi) is 3.85. The van der Waals surface area contributed by atoms with Gasteiger partial charge in [0.2, 0.25) is 0 Å². The van der Waals surface area contributed by atoms with Crippen LogP contribution in [0.15, 0.2) is 24.3 Å². The molecule has 0 aromatic heterocycles. The minimum absolute atomic E-state index is 0.0526. The summed E-state index contributed by atoms with van der Waals surface area (Å²) in [6, 6.07) is 7.83. The van der Waals surface area contributed by atoms with Crippen LogP contribution < -0.4 is 5.73 Å². The predicted molar refractivity (Wildman–Crippen MR) is 66.5 cm³/mol. The molecule has 2 N–H and O–H groups in total. The van der Waals surface area contributed by atoms with Gasteiger partial charge in [-0.25, -0.2) is 0 Å². The van der Waals surface area contributed by atoms with Gasteiger partial charge >= 0.3 is 0 Å². The maximum atomic E-state index is 6.01. The largest absolute Gasteiger partial charge is 0.370 e. The second kappa shape index (κ2) is 5.17. The van der Waals surface area contributed by atoms with E-state index in [2.05, 4.69) is 0 Å². The summed E-state index contributed by atoms with van der Waals surface area (Å²) in [6.07, 6.45) is 4.51. The second-order valence-corrected chi connectivity index (χ2v) is 4.93. The van der Waals surface area contributed by atoms with Crippen LogP contribution in [0.1, 0.15) is 31.2 Å². The second-order valence-electron chi connectivity index (χ2n) is 4.49. The van der Waals surface area contributed by atoms with Gasteiger partial charge in [-0.15, -0.1) is 0 Å². The minimum Gasteiger partial charge on any atom is -0.370 e. The summed E-state index contributed by atoms with van der Waals surface area (Å²) in [5.41, 5.74) is 6.80. The minimum atomic E-state index is 0.0526. The van der Waals surface area contributed by atoms with Crippen molar-refractivity contribution in [3.8, 4) is 0 Å². The molecule has 1 saturated carbocycles. The average molecular weight is 240 g/mol. The van der Waals surface area contributed by atoms with Crippen molar-refractivity contribution < 1.29 is 4.74 Å². The van der Waals surface area contributed by atoms with Gasteiger partial charge in [0.1, 0.15) is 0 Å². The Morgan fingerprint density at radius 2 is 2.19 bits per heavy atom. The Morgan fingerprint density at radius 1 is 1.38 bits per heavy atom. The van der Waals surface area contributed by atoms with Crippen LogP contribution in [0.5, 0.6) is 0 Å². The summed E-state index contributed by atoms with van der Waals surface area (Å²) in [4.78, 5) is 0. The summed E-state index contributed by atoms with van der Waals surface area (Å²) >= 11 is 5.93. The standard InChI is InChI=1S/C13H18ClNO/c14-12-4-1-3-11(9-12)10-16-13(7-8-15)5-2-6-13/h1,3-4,9H,2,5-8,10,15H2. The lowest BCUT2D eigenvalue weighted by Gasteiger charge is -2.41. The molecule has 0 amide bonds. The molecule has 1 aliphatic rings. The van der Waals surface area contributed by atoms with E-state index in [1.807, 2.05) is 24.3 Å². The first-order chi connectivity index (χ1) is 7.74. The fraction of sp³-hybridized carbons (Fsp3) is 0.538. The molecule has 88 valence electrons. The van der Waals surface area contributed by atoms with Crippen LogP contribution in [0.25, 0.3) is 0 Å². The van der Waals surface area contributed by atoms with Crippen molar-refractivity contribution in [2.75, 3.05) is 6.54 Å². The van der Waals surface area contributed by atoms with Gasteiger partial charge in [-0.2, -0.15) is 0 Å². The molecule has 1 fully saturated rings. The topological polar surface area (TPSA) is 35.2 Å². The number of ether oxygens (including phenoxy) is 1. The highest BCUT2D eigenvalue weighted by Crippen LogP contribution is 2.38. The molecular formula is C13H18ClNO. The molecule has 2 rings (SSSR count). The van der Waals surface area contributed by atoms with E-state index in [1.165, 1.54) is 6.42 Å². The first kappa shape index (κ1) is 11.9. The lowest BCUT2D eigenvalue weighted by atomic mass is 9.77. The van der Waals surface area contributed by atoms with Gasteiger partial charge in [0.15, 0.2) is 0 Å². The highest BCUT2D eigenvalue weighted by Gasteiger charge is 2.36. The predicted octanol–water partition coefficient (Wildman–Crippen LogP) is 3.13. The zero-order valence-electron chi connectivity index (χ0n) is 9.42. The van der Waals surface area contributed by atoms with Crippen LogP contribution in [-0.2, 0) is 11.3 Å². The van der Waals surface area contributed by atoms with E-state index in [9.17, 15) is 0 Å². The lowest BCUT2D eigenvalue weighted by molar-refractivity contribution is -0.112. The van der Waals surface area contributed by atoms with Crippen LogP contribution in [0, 0.1) is 0 Å². The Balaban J connectivity index is 1.91. The molecule has 0 radical (unpaired) electrons. The van der Waals surface area contributed by atoms with Gasteiger partial charge in [0.25, 0.3) is 0 Å². The number of benzene rings is 1. The smallest absolute Gasteiger partial charge is 0.0724 e. The van der Waals surface area contributed by atoms with E-state index in [4.69, 9.17) is 22.1 Å². The summed E-state index contributed by atoms with van der Waals surface area (Å²) in [6.45, 7) is 1.34. The van der Waals surface area contributed by atoms with Crippen molar-refractivity contribution in [1.82, 2.24) is 0 Å². The first-order valence-corrected chi connectivity index (χ1v) is 6.20. The molecule has 1 aliphatic carbocycles. The Labute approximate surface area is 102 Å². The summed E-state index contributed by atoms with van der Waals surface area (Å²) < 4.78 is 6.01.